The fourth-order valence-corrected chi connectivity index (χ4v) is 2.68. The molecule has 2 heterocycles. The maximum Gasteiger partial charge on any atom is 0.232 e. The lowest BCUT2D eigenvalue weighted by molar-refractivity contribution is 0.0254. The molecule has 0 aliphatic carbocycles. The summed E-state index contributed by atoms with van der Waals surface area (Å²) in [4.78, 5) is 6.23. The van der Waals surface area contributed by atoms with Gasteiger partial charge in [-0.15, -0.1) is 0 Å². The molecule has 0 bridgehead atoms. The van der Waals surface area contributed by atoms with Crippen molar-refractivity contribution in [2.45, 2.75) is 26.0 Å². The Hall–Kier alpha value is -1.79. The minimum atomic E-state index is -0.699. The second-order valence-corrected chi connectivity index (χ2v) is 5.81. The number of nitrogens with zero attached hydrogens (tertiary/aromatic N) is 2. The molecule has 0 saturated carbocycles. The molecule has 1 aromatic carbocycles. The third-order valence-electron chi connectivity index (χ3n) is 4.12. The highest BCUT2D eigenvalue weighted by atomic mass is 19.1. The molecule has 2 unspecified atom stereocenters. The Morgan fingerprint density at radius 3 is 2.77 bits per heavy atom. The lowest BCUT2D eigenvalue weighted by atomic mass is 9.96. The summed E-state index contributed by atoms with van der Waals surface area (Å²) in [5.74, 6) is -1.17. The predicted molar refractivity (Wildman–Crippen MR) is 76.9 cm³/mol. The molecule has 1 N–H and O–H groups in total. The molecule has 0 radical (unpaired) electrons. The average Bonchev–Trinajstić information content (AvgIpc) is 2.91. The van der Waals surface area contributed by atoms with Crippen LogP contribution in [-0.2, 0) is 6.54 Å². The van der Waals surface area contributed by atoms with Gasteiger partial charge in [0.1, 0.15) is 23.5 Å². The number of oxazole rings is 1. The number of hydrogen-bond donors (Lipinski definition) is 1. The monoisotopic (exact) mass is 308 g/mol. The molecule has 2 aromatic rings. The molecule has 3 rings (SSSR count). The van der Waals surface area contributed by atoms with Crippen LogP contribution in [0.3, 0.4) is 0 Å². The third-order valence-corrected chi connectivity index (χ3v) is 4.12. The fourth-order valence-electron chi connectivity index (χ4n) is 2.68. The molecule has 1 saturated heterocycles. The molecule has 0 amide bonds. The van der Waals surface area contributed by atoms with E-state index >= 15 is 0 Å². The summed E-state index contributed by atoms with van der Waals surface area (Å²) in [5, 5.41) is 9.90. The summed E-state index contributed by atoms with van der Waals surface area (Å²) >= 11 is 0. The number of benzene rings is 1. The van der Waals surface area contributed by atoms with Gasteiger partial charge in [0.2, 0.25) is 5.89 Å². The van der Waals surface area contributed by atoms with Gasteiger partial charge >= 0.3 is 0 Å². The minimum Gasteiger partial charge on any atom is -0.444 e. The molecule has 0 spiro atoms. The van der Waals surface area contributed by atoms with Gasteiger partial charge in [0, 0.05) is 13.1 Å². The van der Waals surface area contributed by atoms with Crippen LogP contribution in [0.15, 0.2) is 28.9 Å². The van der Waals surface area contributed by atoms with Crippen LogP contribution in [0.25, 0.3) is 11.5 Å². The van der Waals surface area contributed by atoms with Gasteiger partial charge in [0.05, 0.1) is 11.8 Å². The van der Waals surface area contributed by atoms with Gasteiger partial charge in [0.25, 0.3) is 0 Å². The molecule has 1 fully saturated rings. The molecule has 1 aliphatic heterocycles. The Morgan fingerprint density at radius 2 is 2.09 bits per heavy atom. The standard InChI is InChI=1S/C16H18F2N2O2/c1-10-5-6-20(8-14(10)21)7-11-9-22-16(19-11)15-12(17)3-2-4-13(15)18/h2-4,9-10,14,21H,5-8H2,1H3. The van der Waals surface area contributed by atoms with Crippen LogP contribution in [0.1, 0.15) is 19.0 Å². The zero-order valence-electron chi connectivity index (χ0n) is 12.3. The van der Waals surface area contributed by atoms with Gasteiger partial charge in [-0.05, 0) is 31.0 Å². The SMILES string of the molecule is CC1CCN(Cc2coc(-c3c(F)cccc3F)n2)CC1O. The largest absolute Gasteiger partial charge is 0.444 e. The minimum absolute atomic E-state index is 0.0588. The van der Waals surface area contributed by atoms with Crippen LogP contribution in [0, 0.1) is 17.6 Å². The maximum atomic E-state index is 13.7. The molecule has 22 heavy (non-hydrogen) atoms. The van der Waals surface area contributed by atoms with E-state index in [2.05, 4.69) is 9.88 Å². The molecule has 1 aromatic heterocycles. The molecule has 4 nitrogen and oxygen atoms in total. The Kier molecular flexibility index (Phi) is 4.22. The van der Waals surface area contributed by atoms with Crippen molar-refractivity contribution in [1.29, 1.82) is 0 Å². The first-order valence-corrected chi connectivity index (χ1v) is 7.34. The number of halogens is 2. The number of aliphatic hydroxyl groups is 1. The van der Waals surface area contributed by atoms with E-state index in [0.29, 0.717) is 18.8 Å². The zero-order valence-corrected chi connectivity index (χ0v) is 12.3. The van der Waals surface area contributed by atoms with Crippen molar-refractivity contribution in [2.75, 3.05) is 13.1 Å². The second kappa shape index (κ2) is 6.14. The fraction of sp³-hybridized carbons (Fsp3) is 0.438. The van der Waals surface area contributed by atoms with Crippen molar-refractivity contribution in [1.82, 2.24) is 9.88 Å². The van der Waals surface area contributed by atoms with Crippen molar-refractivity contribution in [2.24, 2.45) is 5.92 Å². The number of hydrogen-bond acceptors (Lipinski definition) is 4. The molecule has 118 valence electrons. The van der Waals surface area contributed by atoms with E-state index in [1.165, 1.54) is 24.5 Å². The first-order valence-electron chi connectivity index (χ1n) is 7.34. The van der Waals surface area contributed by atoms with Crippen LogP contribution in [0.2, 0.25) is 0 Å². The molecular formula is C16H18F2N2O2. The van der Waals surface area contributed by atoms with Gasteiger partial charge in [0.15, 0.2) is 0 Å². The van der Waals surface area contributed by atoms with Crippen molar-refractivity contribution in [3.8, 4) is 11.5 Å². The summed E-state index contributed by atoms with van der Waals surface area (Å²) in [6.07, 6.45) is 1.96. The second-order valence-electron chi connectivity index (χ2n) is 5.81. The number of β-amino-alcohol motifs (C(OH)–C–C–N with tert-alkyl or cyclic N) is 1. The number of aromatic nitrogens is 1. The first kappa shape index (κ1) is 15.1. The topological polar surface area (TPSA) is 49.5 Å². The molecule has 6 heteroatoms. The predicted octanol–water partition coefficient (Wildman–Crippen LogP) is 2.82. The highest BCUT2D eigenvalue weighted by molar-refractivity contribution is 5.55. The van der Waals surface area contributed by atoms with E-state index in [-0.39, 0.29) is 23.5 Å². The highest BCUT2D eigenvalue weighted by Gasteiger charge is 2.25. The Labute approximate surface area is 127 Å². The van der Waals surface area contributed by atoms with Gasteiger partial charge in [-0.2, -0.15) is 0 Å². The summed E-state index contributed by atoms with van der Waals surface area (Å²) in [6, 6.07) is 3.64. The number of likely N-dealkylation sites (tertiary alicyclic amines) is 1. The Balaban J connectivity index is 1.74. The Morgan fingerprint density at radius 1 is 1.36 bits per heavy atom. The van der Waals surface area contributed by atoms with E-state index in [9.17, 15) is 13.9 Å². The highest BCUT2D eigenvalue weighted by Crippen LogP contribution is 2.26. The van der Waals surface area contributed by atoms with Gasteiger partial charge in [-0.3, -0.25) is 4.90 Å². The van der Waals surface area contributed by atoms with E-state index in [1.54, 1.807) is 0 Å². The van der Waals surface area contributed by atoms with Crippen LogP contribution < -0.4 is 0 Å². The summed E-state index contributed by atoms with van der Waals surface area (Å²) in [6.45, 7) is 3.94. The summed E-state index contributed by atoms with van der Waals surface area (Å²) in [7, 11) is 0. The van der Waals surface area contributed by atoms with E-state index < -0.39 is 11.6 Å². The average molecular weight is 308 g/mol. The third kappa shape index (κ3) is 3.03. The van der Waals surface area contributed by atoms with Gasteiger partial charge in [-0.25, -0.2) is 13.8 Å². The maximum absolute atomic E-state index is 13.7. The van der Waals surface area contributed by atoms with Crippen molar-refractivity contribution < 1.29 is 18.3 Å². The number of piperidine rings is 1. The van der Waals surface area contributed by atoms with Crippen LogP contribution >= 0.6 is 0 Å². The quantitative estimate of drug-likeness (QED) is 0.947. The van der Waals surface area contributed by atoms with Crippen LogP contribution in [0.4, 0.5) is 8.78 Å². The van der Waals surface area contributed by atoms with Crippen molar-refractivity contribution >= 4 is 0 Å². The van der Waals surface area contributed by atoms with Crippen molar-refractivity contribution in [3.63, 3.8) is 0 Å². The van der Waals surface area contributed by atoms with Crippen LogP contribution in [0.5, 0.6) is 0 Å². The summed E-state index contributed by atoms with van der Waals surface area (Å²) < 4.78 is 32.7. The Bertz CT molecular complexity index is 639. The van der Waals surface area contributed by atoms with E-state index in [4.69, 9.17) is 4.42 Å². The lowest BCUT2D eigenvalue weighted by Gasteiger charge is -2.33. The van der Waals surface area contributed by atoms with E-state index in [0.717, 1.165) is 13.0 Å². The van der Waals surface area contributed by atoms with Gasteiger partial charge in [-0.1, -0.05) is 13.0 Å². The smallest absolute Gasteiger partial charge is 0.232 e. The number of aliphatic hydroxyl groups excluding tert-OH is 1. The molecule has 2 atom stereocenters. The van der Waals surface area contributed by atoms with Crippen molar-refractivity contribution in [3.05, 3.63) is 41.8 Å². The zero-order chi connectivity index (χ0) is 15.7. The first-order chi connectivity index (χ1) is 10.5. The number of rotatable bonds is 3. The normalized spacial score (nSPS) is 22.9. The van der Waals surface area contributed by atoms with Gasteiger partial charge < -0.3 is 9.52 Å². The van der Waals surface area contributed by atoms with E-state index in [1.807, 2.05) is 6.92 Å². The van der Waals surface area contributed by atoms with Crippen LogP contribution in [-0.4, -0.2) is 34.2 Å². The molecular weight excluding hydrogens is 290 g/mol. The lowest BCUT2D eigenvalue weighted by Crippen LogP contribution is -2.42. The summed E-state index contributed by atoms with van der Waals surface area (Å²) in [5.41, 5.74) is 0.348. The molecule has 1 aliphatic rings.